The summed E-state index contributed by atoms with van der Waals surface area (Å²) in [4.78, 5) is 40.7. The summed E-state index contributed by atoms with van der Waals surface area (Å²) < 4.78 is 4.86. The van der Waals surface area contributed by atoms with Crippen LogP contribution in [0.4, 0.5) is 0 Å². The molecule has 0 aromatic carbocycles. The van der Waals surface area contributed by atoms with Crippen molar-refractivity contribution in [1.29, 1.82) is 0 Å². The van der Waals surface area contributed by atoms with Gasteiger partial charge < -0.3 is 37.0 Å². The standard InChI is InChI=1S/C21H42O4.Al.Mg.H4O4Si.5H/c1-2-3-4-5-6-7-8-9-10-11-12-13-14-15-16-17-21(24)25-19-20(23)18-22;;;1-5(2,3)4;;;;;/h20,22-23H,2-19H2,1H3;;;1-4H;;;;;/q;;+2;;;;;2*-1. The van der Waals surface area contributed by atoms with Gasteiger partial charge in [-0.2, -0.15) is 0 Å². The molecular formula is C21H51AlMgO8Si. The molecule has 0 bridgehead atoms. The largest absolute Gasteiger partial charge is 2.00 e. The zero-order valence-electron chi connectivity index (χ0n) is 21.5. The number of hydrogen-bond acceptors (Lipinski definition) is 8. The van der Waals surface area contributed by atoms with Crippen LogP contribution in [-0.2, 0) is 9.53 Å². The molecule has 0 heterocycles. The van der Waals surface area contributed by atoms with E-state index in [0.29, 0.717) is 6.42 Å². The number of ether oxygens (including phenoxy) is 1. The van der Waals surface area contributed by atoms with E-state index in [9.17, 15) is 4.79 Å². The molecule has 1 unspecified atom stereocenters. The Labute approximate surface area is 225 Å². The van der Waals surface area contributed by atoms with E-state index in [0.717, 1.165) is 12.8 Å². The van der Waals surface area contributed by atoms with Gasteiger partial charge in [-0.3, -0.25) is 4.79 Å². The van der Waals surface area contributed by atoms with Crippen LogP contribution in [-0.4, -0.2) is 104 Å². The third-order valence-corrected chi connectivity index (χ3v) is 4.63. The first-order valence-corrected chi connectivity index (χ1v) is 13.3. The minimum Gasteiger partial charge on any atom is -1.00 e. The number of aliphatic hydroxyl groups excluding tert-OH is 2. The number of aliphatic hydroxyl groups is 2. The second-order valence-electron chi connectivity index (χ2n) is 7.82. The monoisotopic (exact) mass is 510 g/mol. The maximum Gasteiger partial charge on any atom is 2.00 e. The fraction of sp³-hybridized carbons (Fsp3) is 0.952. The van der Waals surface area contributed by atoms with Crippen molar-refractivity contribution in [3.8, 4) is 0 Å². The molecule has 1 atom stereocenters. The van der Waals surface area contributed by atoms with Gasteiger partial charge in [0.1, 0.15) is 12.7 Å². The molecule has 0 aliphatic rings. The summed E-state index contributed by atoms with van der Waals surface area (Å²) in [5.74, 6) is -0.276. The summed E-state index contributed by atoms with van der Waals surface area (Å²) in [5, 5.41) is 17.7. The summed E-state index contributed by atoms with van der Waals surface area (Å²) in [6.07, 6.45) is 19.0. The van der Waals surface area contributed by atoms with E-state index in [1.165, 1.54) is 83.5 Å². The Balaban J connectivity index is -0.000000196. The molecule has 0 saturated carbocycles. The molecule has 0 rings (SSSR count). The fourth-order valence-corrected chi connectivity index (χ4v) is 2.95. The van der Waals surface area contributed by atoms with Gasteiger partial charge in [0.05, 0.1) is 6.61 Å². The van der Waals surface area contributed by atoms with Gasteiger partial charge in [-0.25, -0.2) is 0 Å². The van der Waals surface area contributed by atoms with Gasteiger partial charge in [0.15, 0.2) is 17.4 Å². The SMILES string of the molecule is CCCCCCCCCCCCCCCCCC(=O)OCC(O)CO.O[Si](O)(O)O.[AlH3].[H-].[H-].[Mg+2]. The van der Waals surface area contributed by atoms with Crippen LogP contribution in [0.5, 0.6) is 0 Å². The molecule has 0 aliphatic heterocycles. The third-order valence-electron chi connectivity index (χ3n) is 4.63. The number of hydrogen-bond donors (Lipinski definition) is 6. The summed E-state index contributed by atoms with van der Waals surface area (Å²) in [7, 11) is -4.61. The van der Waals surface area contributed by atoms with Crippen molar-refractivity contribution in [2.45, 2.75) is 116 Å². The van der Waals surface area contributed by atoms with Gasteiger partial charge in [0.25, 0.3) is 0 Å². The van der Waals surface area contributed by atoms with Crippen LogP contribution in [0, 0.1) is 0 Å². The zero-order chi connectivity index (χ0) is 23.1. The molecule has 32 heavy (non-hydrogen) atoms. The molecule has 8 nitrogen and oxygen atoms in total. The van der Waals surface area contributed by atoms with Crippen LogP contribution in [0.1, 0.15) is 113 Å². The molecule has 0 aromatic heterocycles. The van der Waals surface area contributed by atoms with Crippen LogP contribution in [0.25, 0.3) is 0 Å². The van der Waals surface area contributed by atoms with Crippen LogP contribution in [0.3, 0.4) is 0 Å². The predicted octanol–water partition coefficient (Wildman–Crippen LogP) is 1.20. The Hall–Kier alpha value is 0.746. The second-order valence-corrected chi connectivity index (χ2v) is 9.02. The smallest absolute Gasteiger partial charge is 1.00 e. The number of rotatable bonds is 19. The molecule has 0 spiro atoms. The Bertz CT molecular complexity index is 381. The summed E-state index contributed by atoms with van der Waals surface area (Å²) in [6, 6.07) is 0. The maximum absolute atomic E-state index is 11.4. The van der Waals surface area contributed by atoms with E-state index in [1.807, 2.05) is 0 Å². The van der Waals surface area contributed by atoms with Gasteiger partial charge in [-0.05, 0) is 6.42 Å². The molecule has 0 amide bonds. The van der Waals surface area contributed by atoms with E-state index in [-0.39, 0.29) is 62.5 Å². The first-order valence-electron chi connectivity index (χ1n) is 11.5. The Kier molecular flexibility index (Phi) is 37.2. The van der Waals surface area contributed by atoms with Crippen molar-refractivity contribution < 1.29 is 41.8 Å². The molecule has 0 radical (unpaired) electrons. The van der Waals surface area contributed by atoms with Crippen LogP contribution < -0.4 is 0 Å². The topological polar surface area (TPSA) is 148 Å². The molecule has 0 saturated heterocycles. The molecule has 6 N–H and O–H groups in total. The molecular weight excluding hydrogens is 460 g/mol. The van der Waals surface area contributed by atoms with Gasteiger partial charge in [-0.1, -0.05) is 96.8 Å². The van der Waals surface area contributed by atoms with E-state index in [1.54, 1.807) is 0 Å². The average Bonchev–Trinajstić information content (AvgIpc) is 2.67. The normalized spacial score (nSPS) is 11.5. The number of carbonyl (C=O) groups is 1. The molecule has 192 valence electrons. The van der Waals surface area contributed by atoms with Crippen molar-refractivity contribution in [1.82, 2.24) is 0 Å². The van der Waals surface area contributed by atoms with Crippen molar-refractivity contribution in [3.05, 3.63) is 0 Å². The summed E-state index contributed by atoms with van der Waals surface area (Å²) in [6.45, 7) is 1.79. The van der Waals surface area contributed by atoms with Crippen LogP contribution >= 0.6 is 0 Å². The first-order chi connectivity index (χ1) is 14.2. The zero-order valence-corrected chi connectivity index (χ0v) is 21.9. The summed E-state index contributed by atoms with van der Waals surface area (Å²) >= 11 is 0. The van der Waals surface area contributed by atoms with Gasteiger partial charge in [0, 0.05) is 6.42 Å². The average molecular weight is 511 g/mol. The van der Waals surface area contributed by atoms with Gasteiger partial charge in [0.2, 0.25) is 0 Å². The second kappa shape index (κ2) is 29.8. The Morgan fingerprint density at radius 1 is 0.781 bits per heavy atom. The number of esters is 1. The Morgan fingerprint density at radius 2 is 1.09 bits per heavy atom. The van der Waals surface area contributed by atoms with Crippen molar-refractivity contribution in [2.24, 2.45) is 0 Å². The number of unbranched alkanes of at least 4 members (excludes halogenated alkanes) is 14. The fourth-order valence-electron chi connectivity index (χ4n) is 2.95. The van der Waals surface area contributed by atoms with Gasteiger partial charge in [-0.15, -0.1) is 0 Å². The first kappa shape index (κ1) is 39.9. The van der Waals surface area contributed by atoms with Crippen molar-refractivity contribution in [3.63, 3.8) is 0 Å². The molecule has 0 aliphatic carbocycles. The van der Waals surface area contributed by atoms with E-state index in [2.05, 4.69) is 6.92 Å². The van der Waals surface area contributed by atoms with E-state index < -0.39 is 15.2 Å². The predicted molar refractivity (Wildman–Crippen MR) is 136 cm³/mol. The van der Waals surface area contributed by atoms with Gasteiger partial charge >= 0.3 is 38.1 Å². The summed E-state index contributed by atoms with van der Waals surface area (Å²) in [5.41, 5.74) is 0. The van der Waals surface area contributed by atoms with Crippen molar-refractivity contribution in [2.75, 3.05) is 13.2 Å². The minimum atomic E-state index is -4.61. The number of carbonyl (C=O) groups excluding carboxylic acids is 1. The van der Waals surface area contributed by atoms with Crippen LogP contribution in [0.2, 0.25) is 0 Å². The minimum absolute atomic E-state index is 0. The van der Waals surface area contributed by atoms with E-state index >= 15 is 0 Å². The van der Waals surface area contributed by atoms with E-state index in [4.69, 9.17) is 34.1 Å². The molecule has 11 heteroatoms. The molecule has 0 aromatic rings. The maximum atomic E-state index is 11.4. The Morgan fingerprint density at radius 3 is 1.41 bits per heavy atom. The quantitative estimate of drug-likeness (QED) is 0.0862. The van der Waals surface area contributed by atoms with Crippen molar-refractivity contribution >= 4 is 55.4 Å². The molecule has 0 fully saturated rings. The van der Waals surface area contributed by atoms with Crippen LogP contribution in [0.15, 0.2) is 0 Å². The third kappa shape index (κ3) is 44.4.